The van der Waals surface area contributed by atoms with Crippen LogP contribution in [0.2, 0.25) is 0 Å². The van der Waals surface area contributed by atoms with Gasteiger partial charge in [0.05, 0.1) is 0 Å². The van der Waals surface area contributed by atoms with Crippen LogP contribution < -0.4 is 0 Å². The maximum absolute atomic E-state index is 12.4. The van der Waals surface area contributed by atoms with Crippen LogP contribution in [0.1, 0.15) is 26.7 Å². The fourth-order valence-corrected chi connectivity index (χ4v) is 6.30. The molecule has 3 aliphatic heterocycles. The van der Waals surface area contributed by atoms with E-state index in [0.29, 0.717) is 12.8 Å². The molecule has 4 nitrogen and oxygen atoms in total. The van der Waals surface area contributed by atoms with Crippen molar-refractivity contribution in [1.29, 1.82) is 0 Å². The predicted molar refractivity (Wildman–Crippen MR) is 66.8 cm³/mol. The summed E-state index contributed by atoms with van der Waals surface area (Å²) in [6.45, 7) is 3.90. The van der Waals surface area contributed by atoms with E-state index in [1.54, 1.807) is 23.9 Å². The van der Waals surface area contributed by atoms with E-state index in [0.717, 1.165) is 0 Å². The number of nitrogens with zero attached hydrogens (tertiary/aromatic N) is 2. The summed E-state index contributed by atoms with van der Waals surface area (Å²) < 4.78 is 0. The van der Waals surface area contributed by atoms with Gasteiger partial charge < -0.3 is 9.80 Å². The van der Waals surface area contributed by atoms with Crippen LogP contribution in [-0.2, 0) is 9.59 Å². The maximum Gasteiger partial charge on any atom is 0.261 e. The highest BCUT2D eigenvalue weighted by atomic mass is 33.1. The van der Waals surface area contributed by atoms with Crippen molar-refractivity contribution >= 4 is 33.4 Å². The molecule has 0 aromatic carbocycles. The molecular formula is C10H16N2O2S2. The summed E-state index contributed by atoms with van der Waals surface area (Å²) in [4.78, 5) is 26.6. The lowest BCUT2D eigenvalue weighted by atomic mass is 10.0. The van der Waals surface area contributed by atoms with E-state index in [1.807, 2.05) is 13.8 Å². The monoisotopic (exact) mass is 260 g/mol. The fraction of sp³-hybridized carbons (Fsp3) is 0.800. The molecule has 0 spiro atoms. The van der Waals surface area contributed by atoms with E-state index in [9.17, 15) is 9.59 Å². The first-order chi connectivity index (χ1) is 7.46. The molecule has 2 amide bonds. The van der Waals surface area contributed by atoms with E-state index in [-0.39, 0.29) is 11.8 Å². The van der Waals surface area contributed by atoms with Crippen molar-refractivity contribution in [1.82, 2.24) is 9.80 Å². The zero-order chi connectivity index (χ0) is 12.1. The number of fused-ring (bicyclic) bond motifs is 3. The maximum atomic E-state index is 12.4. The number of hydrogen-bond donors (Lipinski definition) is 0. The standard InChI is InChI=1S/C10H16N2O2S2/c1-5-9-7(13)12(4)10(6-2,16-15-9)8(14)11(9)3/h5-6H2,1-4H3/t9-,10-/m0/s1. The lowest BCUT2D eigenvalue weighted by Crippen LogP contribution is -2.75. The molecule has 3 fully saturated rings. The van der Waals surface area contributed by atoms with Gasteiger partial charge in [0.15, 0.2) is 9.74 Å². The molecule has 0 saturated carbocycles. The van der Waals surface area contributed by atoms with E-state index in [4.69, 9.17) is 0 Å². The van der Waals surface area contributed by atoms with Gasteiger partial charge in [-0.05, 0) is 12.8 Å². The van der Waals surface area contributed by atoms with E-state index < -0.39 is 9.74 Å². The summed E-state index contributed by atoms with van der Waals surface area (Å²) in [6, 6.07) is 0. The number of piperazine rings is 1. The molecule has 3 heterocycles. The minimum absolute atomic E-state index is 0.0581. The van der Waals surface area contributed by atoms with Gasteiger partial charge in [0.2, 0.25) is 0 Å². The second kappa shape index (κ2) is 3.57. The van der Waals surface area contributed by atoms with Crippen LogP contribution in [0.4, 0.5) is 0 Å². The number of amides is 2. The van der Waals surface area contributed by atoms with Crippen LogP contribution in [0.5, 0.6) is 0 Å². The summed E-state index contributed by atoms with van der Waals surface area (Å²) >= 11 is 0. The molecule has 0 unspecified atom stereocenters. The van der Waals surface area contributed by atoms with Gasteiger partial charge in [-0.2, -0.15) is 0 Å². The highest BCUT2D eigenvalue weighted by molar-refractivity contribution is 8.78. The minimum Gasteiger partial charge on any atom is -0.319 e. The number of hydrogen-bond acceptors (Lipinski definition) is 4. The zero-order valence-corrected chi connectivity index (χ0v) is 11.6. The van der Waals surface area contributed by atoms with Crippen LogP contribution >= 0.6 is 21.6 Å². The van der Waals surface area contributed by atoms with Crippen LogP contribution in [-0.4, -0.2) is 45.5 Å². The fourth-order valence-electron chi connectivity index (χ4n) is 2.35. The first kappa shape index (κ1) is 12.1. The van der Waals surface area contributed by atoms with Gasteiger partial charge in [0, 0.05) is 14.1 Å². The van der Waals surface area contributed by atoms with Gasteiger partial charge in [-0.25, -0.2) is 0 Å². The summed E-state index contributed by atoms with van der Waals surface area (Å²) in [5.41, 5.74) is 0. The van der Waals surface area contributed by atoms with Gasteiger partial charge in [0.1, 0.15) is 0 Å². The Bertz CT molecular complexity index is 329. The highest BCUT2D eigenvalue weighted by Gasteiger charge is 2.65. The molecule has 16 heavy (non-hydrogen) atoms. The van der Waals surface area contributed by atoms with Gasteiger partial charge in [-0.15, -0.1) is 0 Å². The SMILES string of the molecule is CC[C@@]12SS[C@@](CC)(C(=O)N1C)N(C)C2=O. The quantitative estimate of drug-likeness (QED) is 0.706. The number of rotatable bonds is 2. The van der Waals surface area contributed by atoms with Crippen molar-refractivity contribution in [3.05, 3.63) is 0 Å². The minimum atomic E-state index is -0.687. The van der Waals surface area contributed by atoms with Crippen molar-refractivity contribution < 1.29 is 9.59 Å². The Kier molecular flexibility index (Phi) is 2.70. The van der Waals surface area contributed by atoms with Crippen molar-refractivity contribution in [2.24, 2.45) is 0 Å². The molecule has 0 aromatic rings. The highest BCUT2D eigenvalue weighted by Crippen LogP contribution is 2.60. The van der Waals surface area contributed by atoms with Gasteiger partial charge in [-0.1, -0.05) is 35.4 Å². The van der Waals surface area contributed by atoms with Gasteiger partial charge >= 0.3 is 0 Å². The molecule has 0 aromatic heterocycles. The second-order valence-electron chi connectivity index (χ2n) is 4.17. The summed E-state index contributed by atoms with van der Waals surface area (Å²) in [6.07, 6.45) is 1.30. The Hall–Kier alpha value is -0.360. The van der Waals surface area contributed by atoms with Crippen molar-refractivity contribution in [2.75, 3.05) is 14.1 Å². The first-order valence-corrected chi connectivity index (χ1v) is 7.54. The Morgan fingerprint density at radius 2 is 1.25 bits per heavy atom. The number of likely N-dealkylation sites (N-methyl/N-ethyl adjacent to an activating group) is 2. The third-order valence-corrected chi connectivity index (χ3v) is 7.65. The van der Waals surface area contributed by atoms with Gasteiger partial charge in [-0.3, -0.25) is 9.59 Å². The lowest BCUT2D eigenvalue weighted by Gasteiger charge is -2.58. The normalized spacial score (nSPS) is 38.5. The van der Waals surface area contributed by atoms with E-state index in [2.05, 4.69) is 0 Å². The third kappa shape index (κ3) is 1.09. The molecule has 3 saturated heterocycles. The largest absolute Gasteiger partial charge is 0.319 e. The predicted octanol–water partition coefficient (Wildman–Crippen LogP) is 1.52. The lowest BCUT2D eigenvalue weighted by molar-refractivity contribution is -0.163. The van der Waals surface area contributed by atoms with Crippen LogP contribution in [0.15, 0.2) is 0 Å². The Morgan fingerprint density at radius 3 is 1.50 bits per heavy atom. The summed E-state index contributed by atoms with van der Waals surface area (Å²) in [5.74, 6) is 0.116. The van der Waals surface area contributed by atoms with Crippen LogP contribution in [0.25, 0.3) is 0 Å². The first-order valence-electron chi connectivity index (χ1n) is 5.39. The molecule has 0 radical (unpaired) electrons. The Labute approximate surface area is 104 Å². The smallest absolute Gasteiger partial charge is 0.261 e. The number of carbonyl (C=O) groups excluding carboxylic acids is 2. The van der Waals surface area contributed by atoms with E-state index >= 15 is 0 Å². The summed E-state index contributed by atoms with van der Waals surface area (Å²) in [7, 11) is 6.56. The molecule has 90 valence electrons. The third-order valence-electron chi connectivity index (χ3n) is 3.64. The average molecular weight is 260 g/mol. The second-order valence-corrected chi connectivity index (χ2v) is 6.85. The Morgan fingerprint density at radius 1 is 0.938 bits per heavy atom. The van der Waals surface area contributed by atoms with Crippen molar-refractivity contribution in [2.45, 2.75) is 36.4 Å². The van der Waals surface area contributed by atoms with Gasteiger partial charge in [0.25, 0.3) is 11.8 Å². The molecule has 3 aliphatic rings. The molecule has 2 bridgehead atoms. The van der Waals surface area contributed by atoms with Crippen molar-refractivity contribution in [3.63, 3.8) is 0 Å². The zero-order valence-electron chi connectivity index (χ0n) is 9.94. The molecule has 2 atom stereocenters. The average Bonchev–Trinajstić information content (AvgIpc) is 2.31. The molecule has 0 aliphatic carbocycles. The number of carbonyl (C=O) groups is 2. The Balaban J connectivity index is 2.54. The topological polar surface area (TPSA) is 40.6 Å². The molecule has 6 heteroatoms. The van der Waals surface area contributed by atoms with E-state index in [1.165, 1.54) is 21.6 Å². The van der Waals surface area contributed by atoms with Crippen molar-refractivity contribution in [3.8, 4) is 0 Å². The summed E-state index contributed by atoms with van der Waals surface area (Å²) in [5, 5.41) is 0. The molecule has 3 rings (SSSR count). The van der Waals surface area contributed by atoms with Crippen LogP contribution in [0, 0.1) is 0 Å². The molecule has 0 N–H and O–H groups in total. The van der Waals surface area contributed by atoms with Crippen LogP contribution in [0.3, 0.4) is 0 Å². The molecular weight excluding hydrogens is 244 g/mol.